The SMILES string of the molecule is O=C(c1ccc2c(c1)OCO2)N1CC(C(=O)N2CCN(Cc3ccc4c(c3)OCO4)CC2)C1. The third kappa shape index (κ3) is 3.82. The summed E-state index contributed by atoms with van der Waals surface area (Å²) in [5, 5.41) is 0. The molecule has 0 spiro atoms. The summed E-state index contributed by atoms with van der Waals surface area (Å²) in [6.07, 6.45) is 0. The van der Waals surface area contributed by atoms with Crippen LogP contribution in [0, 0.1) is 5.92 Å². The molecule has 0 saturated carbocycles. The molecule has 0 N–H and O–H groups in total. The summed E-state index contributed by atoms with van der Waals surface area (Å²) >= 11 is 0. The van der Waals surface area contributed by atoms with Gasteiger partial charge in [0.05, 0.1) is 5.92 Å². The van der Waals surface area contributed by atoms with Crippen molar-refractivity contribution in [3.05, 3.63) is 47.5 Å². The Bertz CT molecular complexity index is 1090. The highest BCUT2D eigenvalue weighted by atomic mass is 16.7. The summed E-state index contributed by atoms with van der Waals surface area (Å²) in [7, 11) is 0. The number of amides is 2. The van der Waals surface area contributed by atoms with Crippen molar-refractivity contribution in [1.29, 1.82) is 0 Å². The van der Waals surface area contributed by atoms with E-state index in [2.05, 4.69) is 11.0 Å². The maximum absolute atomic E-state index is 12.9. The fourth-order valence-electron chi connectivity index (χ4n) is 4.69. The van der Waals surface area contributed by atoms with Crippen molar-refractivity contribution >= 4 is 11.8 Å². The van der Waals surface area contributed by atoms with Crippen LogP contribution in [0.3, 0.4) is 0 Å². The number of hydrogen-bond acceptors (Lipinski definition) is 7. The largest absolute Gasteiger partial charge is 0.454 e. The standard InChI is InChI=1S/C24H25N3O6/c28-23(17-2-4-20-22(10-17)33-15-31-20)27-12-18(13-27)24(29)26-7-5-25(6-8-26)11-16-1-3-19-21(9-16)32-14-30-19/h1-4,9-10,18H,5-8,11-15H2. The fourth-order valence-corrected chi connectivity index (χ4v) is 4.69. The van der Waals surface area contributed by atoms with E-state index in [1.54, 1.807) is 23.1 Å². The van der Waals surface area contributed by atoms with Gasteiger partial charge in [-0.15, -0.1) is 0 Å². The number of hydrogen-bond donors (Lipinski definition) is 0. The van der Waals surface area contributed by atoms with Gasteiger partial charge < -0.3 is 28.7 Å². The molecule has 4 aliphatic rings. The summed E-state index contributed by atoms with van der Waals surface area (Å²) in [6, 6.07) is 11.2. The second-order valence-electron chi connectivity index (χ2n) is 8.76. The van der Waals surface area contributed by atoms with Crippen LogP contribution in [0.1, 0.15) is 15.9 Å². The van der Waals surface area contributed by atoms with Crippen molar-refractivity contribution in [2.24, 2.45) is 5.92 Å². The molecule has 2 aromatic rings. The smallest absolute Gasteiger partial charge is 0.254 e. The Morgan fingerprint density at radius 3 is 2.12 bits per heavy atom. The molecule has 4 heterocycles. The van der Waals surface area contributed by atoms with Crippen molar-refractivity contribution in [2.45, 2.75) is 6.54 Å². The van der Waals surface area contributed by atoms with Crippen molar-refractivity contribution in [3.63, 3.8) is 0 Å². The lowest BCUT2D eigenvalue weighted by molar-refractivity contribution is -0.141. The first kappa shape index (κ1) is 20.2. The minimum Gasteiger partial charge on any atom is -0.454 e. The average molecular weight is 451 g/mol. The minimum atomic E-state index is -0.122. The number of fused-ring (bicyclic) bond motifs is 2. The molecule has 2 saturated heterocycles. The van der Waals surface area contributed by atoms with Gasteiger partial charge in [0.1, 0.15) is 0 Å². The lowest BCUT2D eigenvalue weighted by Crippen LogP contribution is -2.59. The van der Waals surface area contributed by atoms with Crippen molar-refractivity contribution in [2.75, 3.05) is 52.9 Å². The molecule has 0 bridgehead atoms. The first-order chi connectivity index (χ1) is 16.1. The van der Waals surface area contributed by atoms with Crippen LogP contribution in [0.25, 0.3) is 0 Å². The second-order valence-corrected chi connectivity index (χ2v) is 8.76. The highest BCUT2D eigenvalue weighted by Crippen LogP contribution is 2.34. The lowest BCUT2D eigenvalue weighted by atomic mass is 9.96. The molecule has 0 unspecified atom stereocenters. The summed E-state index contributed by atoms with van der Waals surface area (Å²) in [5.41, 5.74) is 1.73. The molecule has 0 aliphatic carbocycles. The van der Waals surface area contributed by atoms with Gasteiger partial charge in [0.2, 0.25) is 19.5 Å². The molecular weight excluding hydrogens is 426 g/mol. The predicted octanol–water partition coefficient (Wildman–Crippen LogP) is 1.56. The maximum Gasteiger partial charge on any atom is 0.254 e. The van der Waals surface area contributed by atoms with Gasteiger partial charge in [-0.2, -0.15) is 0 Å². The zero-order valence-electron chi connectivity index (χ0n) is 18.2. The number of benzene rings is 2. The number of nitrogens with zero attached hydrogens (tertiary/aromatic N) is 3. The predicted molar refractivity (Wildman–Crippen MR) is 116 cm³/mol. The summed E-state index contributed by atoms with van der Waals surface area (Å²) < 4.78 is 21.5. The molecule has 6 rings (SSSR count). The van der Waals surface area contributed by atoms with E-state index >= 15 is 0 Å². The van der Waals surface area contributed by atoms with Gasteiger partial charge >= 0.3 is 0 Å². The Morgan fingerprint density at radius 2 is 1.39 bits per heavy atom. The van der Waals surface area contributed by atoms with Crippen LogP contribution in [-0.2, 0) is 11.3 Å². The highest BCUT2D eigenvalue weighted by Gasteiger charge is 2.39. The minimum absolute atomic E-state index is 0.0779. The summed E-state index contributed by atoms with van der Waals surface area (Å²) in [5.74, 6) is 2.78. The van der Waals surface area contributed by atoms with Crippen LogP contribution >= 0.6 is 0 Å². The lowest BCUT2D eigenvalue weighted by Gasteiger charge is -2.42. The Kier molecular flexibility index (Phi) is 4.98. The summed E-state index contributed by atoms with van der Waals surface area (Å²) in [4.78, 5) is 31.7. The molecule has 0 radical (unpaired) electrons. The van der Waals surface area contributed by atoms with Gasteiger partial charge in [-0.3, -0.25) is 14.5 Å². The van der Waals surface area contributed by atoms with Crippen LogP contribution in [0.4, 0.5) is 0 Å². The van der Waals surface area contributed by atoms with E-state index < -0.39 is 0 Å². The molecule has 172 valence electrons. The Labute approximate surface area is 191 Å². The van der Waals surface area contributed by atoms with Gasteiger partial charge in [-0.1, -0.05) is 6.07 Å². The maximum atomic E-state index is 12.9. The molecule has 33 heavy (non-hydrogen) atoms. The van der Waals surface area contributed by atoms with Crippen molar-refractivity contribution in [3.8, 4) is 23.0 Å². The molecule has 2 fully saturated rings. The Morgan fingerprint density at radius 1 is 0.758 bits per heavy atom. The average Bonchev–Trinajstić information content (AvgIpc) is 3.46. The van der Waals surface area contributed by atoms with Crippen molar-refractivity contribution in [1.82, 2.24) is 14.7 Å². The number of rotatable bonds is 4. The van der Waals surface area contributed by atoms with E-state index in [-0.39, 0.29) is 31.3 Å². The number of piperazine rings is 1. The Hall–Kier alpha value is -3.46. The van der Waals surface area contributed by atoms with Gasteiger partial charge in [-0.05, 0) is 35.9 Å². The van der Waals surface area contributed by atoms with E-state index in [9.17, 15) is 9.59 Å². The molecule has 0 atom stereocenters. The van der Waals surface area contributed by atoms with Crippen molar-refractivity contribution < 1.29 is 28.5 Å². The van der Waals surface area contributed by atoms with Gasteiger partial charge in [0.25, 0.3) is 5.91 Å². The number of ether oxygens (including phenoxy) is 4. The van der Waals surface area contributed by atoms with Crippen LogP contribution in [-0.4, -0.2) is 79.4 Å². The van der Waals surface area contributed by atoms with E-state index in [1.165, 1.54) is 5.56 Å². The highest BCUT2D eigenvalue weighted by molar-refractivity contribution is 5.96. The van der Waals surface area contributed by atoms with E-state index in [0.717, 1.165) is 31.1 Å². The quantitative estimate of drug-likeness (QED) is 0.698. The van der Waals surface area contributed by atoms with E-state index in [0.29, 0.717) is 43.2 Å². The summed E-state index contributed by atoms with van der Waals surface area (Å²) in [6.45, 7) is 5.26. The zero-order valence-corrected chi connectivity index (χ0v) is 18.2. The van der Waals surface area contributed by atoms with Crippen LogP contribution < -0.4 is 18.9 Å². The zero-order chi connectivity index (χ0) is 22.4. The molecule has 0 aromatic heterocycles. The molecule has 2 aromatic carbocycles. The van der Waals surface area contributed by atoms with Gasteiger partial charge in [0, 0.05) is 51.4 Å². The number of carbonyl (C=O) groups excluding carboxylic acids is 2. The third-order valence-corrected chi connectivity index (χ3v) is 6.66. The first-order valence-corrected chi connectivity index (χ1v) is 11.2. The third-order valence-electron chi connectivity index (χ3n) is 6.66. The molecule has 9 heteroatoms. The molecule has 4 aliphatic heterocycles. The Balaban J connectivity index is 0.981. The van der Waals surface area contributed by atoms with E-state index in [1.807, 2.05) is 17.0 Å². The first-order valence-electron chi connectivity index (χ1n) is 11.2. The van der Waals surface area contributed by atoms with Crippen LogP contribution in [0.15, 0.2) is 36.4 Å². The topological polar surface area (TPSA) is 80.8 Å². The second kappa shape index (κ2) is 8.15. The monoisotopic (exact) mass is 451 g/mol. The van der Waals surface area contributed by atoms with Gasteiger partial charge in [0.15, 0.2) is 23.0 Å². The van der Waals surface area contributed by atoms with Gasteiger partial charge in [-0.25, -0.2) is 0 Å². The molecule has 2 amide bonds. The van der Waals surface area contributed by atoms with E-state index in [4.69, 9.17) is 18.9 Å². The number of carbonyl (C=O) groups is 2. The fraction of sp³-hybridized carbons (Fsp3) is 0.417. The normalized spacial score (nSPS) is 19.5. The molecule has 9 nitrogen and oxygen atoms in total. The van der Waals surface area contributed by atoms with Crippen LogP contribution in [0.2, 0.25) is 0 Å². The van der Waals surface area contributed by atoms with Crippen LogP contribution in [0.5, 0.6) is 23.0 Å². The molecular formula is C24H25N3O6. The number of likely N-dealkylation sites (tertiary alicyclic amines) is 1.